The van der Waals surface area contributed by atoms with Gasteiger partial charge in [-0.2, -0.15) is 5.26 Å². The molecule has 0 aromatic carbocycles. The van der Waals surface area contributed by atoms with Gasteiger partial charge in [-0.25, -0.2) is 0 Å². The van der Waals surface area contributed by atoms with Crippen LogP contribution in [-0.4, -0.2) is 24.2 Å². The molecule has 0 spiro atoms. The molecule has 2 rings (SSSR count). The molecule has 0 aliphatic heterocycles. The van der Waals surface area contributed by atoms with Crippen LogP contribution in [0.25, 0.3) is 0 Å². The molecule has 0 saturated heterocycles. The topological polar surface area (TPSA) is 73.1 Å². The molecule has 2 N–H and O–H groups in total. The standard InChI is InChI=1S/C11H14N2O2/c12-3-4-13-11(15)10-8-2-1-7(5-8)9(10)6-14/h1-2,7-10,14H,4-6H2,(H,13,15)/t7-,8?,9?,10-/m1/s1. The van der Waals surface area contributed by atoms with E-state index in [0.29, 0.717) is 5.92 Å². The quantitative estimate of drug-likeness (QED) is 0.506. The van der Waals surface area contributed by atoms with Crippen molar-refractivity contribution < 1.29 is 9.90 Å². The predicted octanol–water partition coefficient (Wildman–Crippen LogP) is 0.0568. The fourth-order valence-corrected chi connectivity index (χ4v) is 2.81. The van der Waals surface area contributed by atoms with Crippen molar-refractivity contribution >= 4 is 5.91 Å². The molecule has 0 aromatic heterocycles. The molecule has 4 nitrogen and oxygen atoms in total. The maximum absolute atomic E-state index is 11.8. The third-order valence-electron chi connectivity index (χ3n) is 3.48. The van der Waals surface area contributed by atoms with Gasteiger partial charge < -0.3 is 10.4 Å². The van der Waals surface area contributed by atoms with Crippen LogP contribution in [0.2, 0.25) is 0 Å². The molecule has 1 fully saturated rings. The number of nitrogens with one attached hydrogen (secondary N) is 1. The number of aliphatic hydroxyl groups excluding tert-OH is 1. The lowest BCUT2D eigenvalue weighted by atomic mass is 9.83. The van der Waals surface area contributed by atoms with Crippen molar-refractivity contribution in [3.63, 3.8) is 0 Å². The summed E-state index contributed by atoms with van der Waals surface area (Å²) in [6.07, 6.45) is 5.13. The zero-order valence-electron chi connectivity index (χ0n) is 8.39. The molecule has 4 atom stereocenters. The van der Waals surface area contributed by atoms with E-state index >= 15 is 0 Å². The molecule has 80 valence electrons. The van der Waals surface area contributed by atoms with Gasteiger partial charge in [0.1, 0.15) is 6.54 Å². The minimum absolute atomic E-state index is 0.0405. The van der Waals surface area contributed by atoms with Gasteiger partial charge in [-0.3, -0.25) is 4.79 Å². The Labute approximate surface area is 88.6 Å². The lowest BCUT2D eigenvalue weighted by Crippen LogP contribution is -2.38. The maximum atomic E-state index is 11.8. The highest BCUT2D eigenvalue weighted by Gasteiger charge is 2.47. The van der Waals surface area contributed by atoms with Crippen molar-refractivity contribution in [3.8, 4) is 6.07 Å². The lowest BCUT2D eigenvalue weighted by Gasteiger charge is -2.24. The number of allylic oxidation sites excluding steroid dienone is 2. The smallest absolute Gasteiger partial charge is 0.224 e. The molecule has 15 heavy (non-hydrogen) atoms. The number of amides is 1. The van der Waals surface area contributed by atoms with Crippen LogP contribution in [-0.2, 0) is 4.79 Å². The highest BCUT2D eigenvalue weighted by atomic mass is 16.3. The summed E-state index contributed by atoms with van der Waals surface area (Å²) in [7, 11) is 0. The van der Waals surface area contributed by atoms with Crippen molar-refractivity contribution in [1.82, 2.24) is 5.32 Å². The molecule has 0 radical (unpaired) electrons. The van der Waals surface area contributed by atoms with Crippen LogP contribution in [0, 0.1) is 35.0 Å². The van der Waals surface area contributed by atoms with E-state index in [0.717, 1.165) is 6.42 Å². The Morgan fingerprint density at radius 2 is 2.27 bits per heavy atom. The highest BCUT2D eigenvalue weighted by Crippen LogP contribution is 2.47. The Morgan fingerprint density at radius 3 is 2.93 bits per heavy atom. The Bertz CT molecular complexity index is 332. The molecule has 2 aliphatic carbocycles. The number of carbonyl (C=O) groups is 1. The number of aliphatic hydroxyl groups is 1. The summed E-state index contributed by atoms with van der Waals surface area (Å²) in [5.41, 5.74) is 0. The van der Waals surface area contributed by atoms with Gasteiger partial charge in [-0.1, -0.05) is 12.2 Å². The molecule has 1 saturated carbocycles. The Kier molecular flexibility index (Phi) is 2.74. The van der Waals surface area contributed by atoms with Crippen LogP contribution in [0.3, 0.4) is 0 Å². The fraction of sp³-hybridized carbons (Fsp3) is 0.636. The summed E-state index contributed by atoms with van der Waals surface area (Å²) in [5.74, 6) is 0.410. The Hall–Kier alpha value is -1.34. The minimum Gasteiger partial charge on any atom is -0.396 e. The lowest BCUT2D eigenvalue weighted by molar-refractivity contribution is -0.127. The van der Waals surface area contributed by atoms with Crippen molar-refractivity contribution in [1.29, 1.82) is 5.26 Å². The molecule has 2 bridgehead atoms. The van der Waals surface area contributed by atoms with Gasteiger partial charge in [0.05, 0.1) is 6.07 Å². The summed E-state index contributed by atoms with van der Waals surface area (Å²) in [6.45, 7) is 0.102. The van der Waals surface area contributed by atoms with E-state index in [1.54, 1.807) is 0 Å². The number of hydrogen-bond acceptors (Lipinski definition) is 3. The Balaban J connectivity index is 2.05. The zero-order valence-corrected chi connectivity index (χ0v) is 8.39. The van der Waals surface area contributed by atoms with Crippen molar-refractivity contribution in [2.45, 2.75) is 6.42 Å². The first-order chi connectivity index (χ1) is 7.27. The van der Waals surface area contributed by atoms with E-state index in [-0.39, 0.29) is 36.8 Å². The molecular formula is C11H14N2O2. The summed E-state index contributed by atoms with van der Waals surface area (Å²) < 4.78 is 0. The molecule has 2 aliphatic rings. The first-order valence-corrected chi connectivity index (χ1v) is 5.21. The van der Waals surface area contributed by atoms with Crippen LogP contribution < -0.4 is 5.32 Å². The number of nitriles is 1. The van der Waals surface area contributed by atoms with Gasteiger partial charge in [0.15, 0.2) is 0 Å². The van der Waals surface area contributed by atoms with Crippen LogP contribution in [0.15, 0.2) is 12.2 Å². The van der Waals surface area contributed by atoms with E-state index in [1.165, 1.54) is 0 Å². The molecule has 1 amide bonds. The van der Waals surface area contributed by atoms with Gasteiger partial charge in [0.25, 0.3) is 0 Å². The van der Waals surface area contributed by atoms with E-state index in [9.17, 15) is 9.90 Å². The summed E-state index contributed by atoms with van der Waals surface area (Å²) >= 11 is 0. The van der Waals surface area contributed by atoms with Crippen molar-refractivity contribution in [2.75, 3.05) is 13.2 Å². The van der Waals surface area contributed by atoms with E-state index in [4.69, 9.17) is 5.26 Å². The fourth-order valence-electron chi connectivity index (χ4n) is 2.81. The summed E-state index contributed by atoms with van der Waals surface area (Å²) in [4.78, 5) is 11.8. The van der Waals surface area contributed by atoms with E-state index in [2.05, 4.69) is 17.5 Å². The first kappa shape index (κ1) is 10.2. The third-order valence-corrected chi connectivity index (χ3v) is 3.48. The average molecular weight is 206 g/mol. The molecular weight excluding hydrogens is 192 g/mol. The predicted molar refractivity (Wildman–Crippen MR) is 53.4 cm³/mol. The zero-order chi connectivity index (χ0) is 10.8. The number of fused-ring (bicyclic) bond motifs is 2. The molecule has 0 aromatic rings. The molecule has 0 heterocycles. The van der Waals surface area contributed by atoms with Crippen LogP contribution in [0.1, 0.15) is 6.42 Å². The second-order valence-electron chi connectivity index (χ2n) is 4.20. The number of nitrogens with zero attached hydrogens (tertiary/aromatic N) is 1. The highest BCUT2D eigenvalue weighted by molar-refractivity contribution is 5.80. The average Bonchev–Trinajstić information content (AvgIpc) is 2.84. The molecule has 2 unspecified atom stereocenters. The van der Waals surface area contributed by atoms with E-state index < -0.39 is 0 Å². The monoisotopic (exact) mass is 206 g/mol. The third kappa shape index (κ3) is 1.64. The number of carbonyl (C=O) groups excluding carboxylic acids is 1. The normalized spacial score (nSPS) is 36.5. The van der Waals surface area contributed by atoms with Crippen LogP contribution >= 0.6 is 0 Å². The van der Waals surface area contributed by atoms with Crippen molar-refractivity contribution in [3.05, 3.63) is 12.2 Å². The van der Waals surface area contributed by atoms with Crippen LogP contribution in [0.5, 0.6) is 0 Å². The van der Waals surface area contributed by atoms with Crippen LogP contribution in [0.4, 0.5) is 0 Å². The Morgan fingerprint density at radius 1 is 1.53 bits per heavy atom. The van der Waals surface area contributed by atoms with Gasteiger partial charge >= 0.3 is 0 Å². The summed E-state index contributed by atoms with van der Waals surface area (Å²) in [5, 5.41) is 20.2. The van der Waals surface area contributed by atoms with Gasteiger partial charge in [-0.05, 0) is 18.3 Å². The number of hydrogen-bond donors (Lipinski definition) is 2. The van der Waals surface area contributed by atoms with E-state index in [1.807, 2.05) is 6.07 Å². The first-order valence-electron chi connectivity index (χ1n) is 5.21. The number of rotatable bonds is 3. The van der Waals surface area contributed by atoms with Gasteiger partial charge in [0.2, 0.25) is 5.91 Å². The van der Waals surface area contributed by atoms with Gasteiger partial charge in [-0.15, -0.1) is 0 Å². The SMILES string of the molecule is N#CCNC(=O)[C@@H]1C2C=C[C@H](C2)C1CO. The largest absolute Gasteiger partial charge is 0.396 e. The van der Waals surface area contributed by atoms with Crippen molar-refractivity contribution in [2.24, 2.45) is 23.7 Å². The maximum Gasteiger partial charge on any atom is 0.224 e. The second-order valence-corrected chi connectivity index (χ2v) is 4.20. The van der Waals surface area contributed by atoms with Gasteiger partial charge in [0, 0.05) is 18.4 Å². The molecule has 4 heteroatoms. The minimum atomic E-state index is -0.140. The second kappa shape index (κ2) is 4.03. The summed E-state index contributed by atoms with van der Waals surface area (Å²) in [6, 6.07) is 1.89.